The van der Waals surface area contributed by atoms with Crippen LogP contribution in [0.2, 0.25) is 0 Å². The minimum absolute atomic E-state index is 0.0226. The summed E-state index contributed by atoms with van der Waals surface area (Å²) < 4.78 is 4.90. The smallest absolute Gasteiger partial charge is 0.306 e. The van der Waals surface area contributed by atoms with E-state index in [9.17, 15) is 4.79 Å². The molecule has 3 heteroatoms. The van der Waals surface area contributed by atoms with Gasteiger partial charge in [-0.15, -0.1) is 0 Å². The molecule has 0 aliphatic carbocycles. The summed E-state index contributed by atoms with van der Waals surface area (Å²) in [5, 5.41) is 0. The fourth-order valence-corrected chi connectivity index (χ4v) is 0.878. The Hall–Kier alpha value is -0.180. The maximum Gasteiger partial charge on any atom is 0.306 e. The second kappa shape index (κ2) is 5.59. The molecule has 0 saturated carbocycles. The van der Waals surface area contributed by atoms with Gasteiger partial charge < -0.3 is 4.74 Å². The monoisotopic (exact) mass is 162 g/mol. The molecule has 0 aliphatic rings. The molecule has 0 radical (unpaired) electrons. The minimum atomic E-state index is -0.0932. The van der Waals surface area contributed by atoms with Gasteiger partial charge in [0.15, 0.2) is 0 Å². The molecule has 0 fully saturated rings. The van der Waals surface area contributed by atoms with E-state index in [1.165, 1.54) is 0 Å². The maximum atomic E-state index is 10.8. The quantitative estimate of drug-likeness (QED) is 0.588. The van der Waals surface area contributed by atoms with Gasteiger partial charge >= 0.3 is 5.97 Å². The van der Waals surface area contributed by atoms with E-state index in [4.69, 9.17) is 4.74 Å². The van der Waals surface area contributed by atoms with E-state index in [2.05, 4.69) is 0 Å². The summed E-state index contributed by atoms with van der Waals surface area (Å²) in [5.74, 6) is 0.760. The molecule has 10 heavy (non-hydrogen) atoms. The van der Waals surface area contributed by atoms with Crippen molar-refractivity contribution in [2.45, 2.75) is 26.4 Å². The highest BCUT2D eigenvalue weighted by Crippen LogP contribution is 1.99. The van der Waals surface area contributed by atoms with Gasteiger partial charge in [0.05, 0.1) is 12.5 Å². The van der Waals surface area contributed by atoms with Crippen molar-refractivity contribution in [3.63, 3.8) is 0 Å². The number of carbonyl (C=O) groups is 1. The van der Waals surface area contributed by atoms with E-state index < -0.39 is 0 Å². The van der Waals surface area contributed by atoms with Crippen LogP contribution in [0.5, 0.6) is 0 Å². The van der Waals surface area contributed by atoms with Crippen molar-refractivity contribution >= 4 is 17.7 Å². The lowest BCUT2D eigenvalue weighted by molar-refractivity contribution is -0.146. The fourth-order valence-electron chi connectivity index (χ4n) is 0.507. The Kier molecular flexibility index (Phi) is 5.49. The van der Waals surface area contributed by atoms with Gasteiger partial charge in [0.25, 0.3) is 0 Å². The molecule has 0 aromatic rings. The van der Waals surface area contributed by atoms with Gasteiger partial charge in [-0.3, -0.25) is 4.79 Å². The van der Waals surface area contributed by atoms with Crippen LogP contribution in [0.3, 0.4) is 0 Å². The third-order valence-electron chi connectivity index (χ3n) is 0.877. The van der Waals surface area contributed by atoms with Crippen LogP contribution in [0.4, 0.5) is 0 Å². The Balaban J connectivity index is 3.26. The predicted octanol–water partition coefficient (Wildman–Crippen LogP) is 1.69. The highest BCUT2D eigenvalue weighted by Gasteiger charge is 2.02. The number of ether oxygens (including phenoxy) is 1. The van der Waals surface area contributed by atoms with Gasteiger partial charge in [-0.05, 0) is 20.1 Å². The third kappa shape index (κ3) is 5.95. The summed E-state index contributed by atoms with van der Waals surface area (Å²) >= 11 is 1.66. The molecule has 0 aliphatic heterocycles. The summed E-state index contributed by atoms with van der Waals surface area (Å²) in [7, 11) is 0. The van der Waals surface area contributed by atoms with Crippen LogP contribution in [-0.4, -0.2) is 24.1 Å². The first-order chi connectivity index (χ1) is 4.66. The van der Waals surface area contributed by atoms with Crippen LogP contribution in [0, 0.1) is 0 Å². The number of esters is 1. The number of thioether (sulfide) groups is 1. The number of carbonyl (C=O) groups excluding carboxylic acids is 1. The van der Waals surface area contributed by atoms with Crippen molar-refractivity contribution in [2.75, 3.05) is 12.0 Å². The zero-order chi connectivity index (χ0) is 7.98. The third-order valence-corrected chi connectivity index (χ3v) is 1.49. The molecule has 0 N–H and O–H groups in total. The molecular formula is C7H14O2S. The van der Waals surface area contributed by atoms with Crippen molar-refractivity contribution in [1.82, 2.24) is 0 Å². The normalized spacial score (nSPS) is 10.0. The van der Waals surface area contributed by atoms with E-state index in [1.807, 2.05) is 20.1 Å². The number of rotatable bonds is 4. The number of hydrogen-bond donors (Lipinski definition) is 0. The Bertz CT molecular complexity index is 102. The van der Waals surface area contributed by atoms with E-state index in [-0.39, 0.29) is 12.1 Å². The molecule has 0 amide bonds. The van der Waals surface area contributed by atoms with Crippen molar-refractivity contribution in [2.24, 2.45) is 0 Å². The van der Waals surface area contributed by atoms with Crippen molar-refractivity contribution in [3.05, 3.63) is 0 Å². The minimum Gasteiger partial charge on any atom is -0.463 e. The van der Waals surface area contributed by atoms with Gasteiger partial charge in [-0.25, -0.2) is 0 Å². The molecule has 0 bridgehead atoms. The van der Waals surface area contributed by atoms with E-state index in [0.717, 1.165) is 5.75 Å². The van der Waals surface area contributed by atoms with Crippen LogP contribution < -0.4 is 0 Å². The maximum absolute atomic E-state index is 10.8. The van der Waals surface area contributed by atoms with Gasteiger partial charge in [0, 0.05) is 5.75 Å². The van der Waals surface area contributed by atoms with E-state index >= 15 is 0 Å². The second-order valence-electron chi connectivity index (χ2n) is 2.28. The van der Waals surface area contributed by atoms with Crippen LogP contribution >= 0.6 is 11.8 Å². The largest absolute Gasteiger partial charge is 0.463 e. The van der Waals surface area contributed by atoms with Crippen LogP contribution in [0.25, 0.3) is 0 Å². The van der Waals surface area contributed by atoms with Crippen LogP contribution in [-0.2, 0) is 9.53 Å². The standard InChI is InChI=1S/C7H14O2S/c1-6(2)9-7(8)4-5-10-3/h6H,4-5H2,1-3H3. The molecule has 0 heterocycles. The molecule has 0 aromatic carbocycles. The van der Waals surface area contributed by atoms with Gasteiger partial charge in [-0.2, -0.15) is 11.8 Å². The molecule has 60 valence electrons. The van der Waals surface area contributed by atoms with Crippen LogP contribution in [0.15, 0.2) is 0 Å². The molecule has 0 atom stereocenters. The first kappa shape index (κ1) is 9.82. The zero-order valence-electron chi connectivity index (χ0n) is 6.72. The fraction of sp³-hybridized carbons (Fsp3) is 0.857. The topological polar surface area (TPSA) is 26.3 Å². The van der Waals surface area contributed by atoms with Gasteiger partial charge in [0.1, 0.15) is 0 Å². The molecular weight excluding hydrogens is 148 g/mol. The summed E-state index contributed by atoms with van der Waals surface area (Å²) in [6.07, 6.45) is 2.52. The molecule has 0 rings (SSSR count). The summed E-state index contributed by atoms with van der Waals surface area (Å²) in [6, 6.07) is 0. The molecule has 0 unspecified atom stereocenters. The summed E-state index contributed by atoms with van der Waals surface area (Å²) in [5.41, 5.74) is 0. The average Bonchev–Trinajstić information content (AvgIpc) is 1.82. The van der Waals surface area contributed by atoms with Crippen molar-refractivity contribution in [1.29, 1.82) is 0 Å². The second-order valence-corrected chi connectivity index (χ2v) is 3.27. The Morgan fingerprint density at radius 3 is 2.60 bits per heavy atom. The zero-order valence-corrected chi connectivity index (χ0v) is 7.53. The van der Waals surface area contributed by atoms with Gasteiger partial charge in [-0.1, -0.05) is 0 Å². The first-order valence-corrected chi connectivity index (χ1v) is 4.74. The summed E-state index contributed by atoms with van der Waals surface area (Å²) in [4.78, 5) is 10.8. The molecule has 0 spiro atoms. The highest BCUT2D eigenvalue weighted by atomic mass is 32.2. The Morgan fingerprint density at radius 1 is 1.60 bits per heavy atom. The summed E-state index contributed by atoms with van der Waals surface area (Å²) in [6.45, 7) is 3.72. The Labute approximate surface area is 66.3 Å². The molecule has 0 aromatic heterocycles. The highest BCUT2D eigenvalue weighted by molar-refractivity contribution is 7.98. The lowest BCUT2D eigenvalue weighted by Gasteiger charge is -2.06. The predicted molar refractivity (Wildman–Crippen MR) is 44.2 cm³/mol. The van der Waals surface area contributed by atoms with Crippen LogP contribution in [0.1, 0.15) is 20.3 Å². The lowest BCUT2D eigenvalue weighted by atomic mass is 10.4. The van der Waals surface area contributed by atoms with Crippen molar-refractivity contribution < 1.29 is 9.53 Å². The average molecular weight is 162 g/mol. The molecule has 2 nitrogen and oxygen atoms in total. The lowest BCUT2D eigenvalue weighted by Crippen LogP contribution is -2.11. The Morgan fingerprint density at radius 2 is 2.20 bits per heavy atom. The van der Waals surface area contributed by atoms with Gasteiger partial charge in [0.2, 0.25) is 0 Å². The van der Waals surface area contributed by atoms with Crippen molar-refractivity contribution in [3.8, 4) is 0 Å². The SMILES string of the molecule is CSCCC(=O)OC(C)C. The number of hydrogen-bond acceptors (Lipinski definition) is 3. The van der Waals surface area contributed by atoms with E-state index in [0.29, 0.717) is 6.42 Å². The molecule has 0 saturated heterocycles. The first-order valence-electron chi connectivity index (χ1n) is 3.35. The van der Waals surface area contributed by atoms with E-state index in [1.54, 1.807) is 11.8 Å².